The molecule has 106 valence electrons. The molecule has 0 atom stereocenters. The minimum atomic E-state index is -0.136. The van der Waals surface area contributed by atoms with Crippen LogP contribution in [0.25, 0.3) is 0 Å². The molecular weight excluding hydrogens is 256 g/mol. The lowest BCUT2D eigenvalue weighted by atomic mass is 10.3. The Morgan fingerprint density at radius 1 is 1.45 bits per heavy atom. The molecule has 6 heteroatoms. The third-order valence-corrected chi connectivity index (χ3v) is 2.74. The molecule has 1 heterocycles. The number of nitrogens with one attached hydrogen (secondary N) is 2. The van der Waals surface area contributed by atoms with Gasteiger partial charge in [0.25, 0.3) is 0 Å². The lowest BCUT2D eigenvalue weighted by Crippen LogP contribution is -2.15. The molecule has 2 aromatic rings. The molecular formula is C14H18N4O2. The zero-order valence-corrected chi connectivity index (χ0v) is 11.3. The molecule has 0 aliphatic heterocycles. The Balaban J connectivity index is 1.75. The Labute approximate surface area is 117 Å². The number of nitrogen functional groups attached to an aromatic ring is 1. The third kappa shape index (κ3) is 4.01. The predicted molar refractivity (Wildman–Crippen MR) is 77.6 cm³/mol. The summed E-state index contributed by atoms with van der Waals surface area (Å²) in [5.74, 6) is 1.06. The summed E-state index contributed by atoms with van der Waals surface area (Å²) in [6.45, 7) is 2.30. The average molecular weight is 274 g/mol. The first-order valence-corrected chi connectivity index (χ1v) is 6.50. The highest BCUT2D eigenvalue weighted by Crippen LogP contribution is 2.14. The van der Waals surface area contributed by atoms with E-state index in [1.165, 1.54) is 0 Å². The molecule has 0 unspecified atom stereocenters. The average Bonchev–Trinajstić information content (AvgIpc) is 2.86. The van der Waals surface area contributed by atoms with Crippen LogP contribution in [-0.4, -0.2) is 22.7 Å². The number of hydrogen-bond donors (Lipinski definition) is 3. The fourth-order valence-corrected chi connectivity index (χ4v) is 1.68. The molecule has 1 aromatic carbocycles. The summed E-state index contributed by atoms with van der Waals surface area (Å²) in [5, 5.41) is 9.54. The van der Waals surface area contributed by atoms with Gasteiger partial charge in [0.15, 0.2) is 5.82 Å². The second-order valence-electron chi connectivity index (χ2n) is 4.35. The van der Waals surface area contributed by atoms with E-state index in [1.54, 1.807) is 24.3 Å². The van der Waals surface area contributed by atoms with Crippen LogP contribution in [0.1, 0.15) is 19.0 Å². The van der Waals surface area contributed by atoms with Gasteiger partial charge >= 0.3 is 0 Å². The smallest absolute Gasteiger partial charge is 0.229 e. The Kier molecular flexibility index (Phi) is 4.60. The number of aryl methyl sites for hydroxylation is 1. The molecule has 0 saturated carbocycles. The van der Waals surface area contributed by atoms with E-state index in [0.717, 1.165) is 12.1 Å². The number of amides is 1. The third-order valence-electron chi connectivity index (χ3n) is 2.74. The van der Waals surface area contributed by atoms with Gasteiger partial charge in [0.1, 0.15) is 5.75 Å². The summed E-state index contributed by atoms with van der Waals surface area (Å²) in [4.78, 5) is 11.7. The molecule has 1 aromatic heterocycles. The highest BCUT2D eigenvalue weighted by Gasteiger charge is 2.06. The van der Waals surface area contributed by atoms with Crippen LogP contribution >= 0.6 is 0 Å². The van der Waals surface area contributed by atoms with Crippen LogP contribution < -0.4 is 15.8 Å². The zero-order valence-electron chi connectivity index (χ0n) is 11.3. The Bertz CT molecular complexity index is 580. The minimum Gasteiger partial charge on any atom is -0.493 e. The van der Waals surface area contributed by atoms with Gasteiger partial charge in [-0.1, -0.05) is 13.0 Å². The van der Waals surface area contributed by atoms with Gasteiger partial charge in [0.05, 0.1) is 13.0 Å². The number of aromatic amines is 1. The Hall–Kier alpha value is -2.50. The van der Waals surface area contributed by atoms with E-state index in [9.17, 15) is 4.79 Å². The maximum Gasteiger partial charge on any atom is 0.229 e. The second kappa shape index (κ2) is 6.60. The molecule has 6 nitrogen and oxygen atoms in total. The molecule has 4 N–H and O–H groups in total. The number of aromatic nitrogens is 2. The normalized spacial score (nSPS) is 10.2. The monoisotopic (exact) mass is 274 g/mol. The largest absolute Gasteiger partial charge is 0.493 e. The quantitative estimate of drug-likeness (QED) is 0.702. The van der Waals surface area contributed by atoms with Crippen LogP contribution in [0.4, 0.5) is 11.5 Å². The van der Waals surface area contributed by atoms with Crippen LogP contribution in [0, 0.1) is 0 Å². The molecule has 20 heavy (non-hydrogen) atoms. The van der Waals surface area contributed by atoms with Crippen molar-refractivity contribution in [3.8, 4) is 5.75 Å². The Morgan fingerprint density at radius 3 is 3.00 bits per heavy atom. The van der Waals surface area contributed by atoms with E-state index >= 15 is 0 Å². The van der Waals surface area contributed by atoms with Crippen LogP contribution in [0.15, 0.2) is 30.3 Å². The van der Waals surface area contributed by atoms with Crippen LogP contribution in [0.3, 0.4) is 0 Å². The van der Waals surface area contributed by atoms with Crippen LogP contribution in [-0.2, 0) is 11.2 Å². The lowest BCUT2D eigenvalue weighted by Gasteiger charge is -2.06. The summed E-state index contributed by atoms with van der Waals surface area (Å²) >= 11 is 0. The van der Waals surface area contributed by atoms with Gasteiger partial charge in [-0.15, -0.1) is 0 Å². The van der Waals surface area contributed by atoms with Crippen molar-refractivity contribution in [1.82, 2.24) is 10.2 Å². The number of carbonyl (C=O) groups excluding carboxylic acids is 1. The summed E-state index contributed by atoms with van der Waals surface area (Å²) in [7, 11) is 0. The highest BCUT2D eigenvalue weighted by atomic mass is 16.5. The lowest BCUT2D eigenvalue weighted by molar-refractivity contribution is -0.116. The fourth-order valence-electron chi connectivity index (χ4n) is 1.68. The van der Waals surface area contributed by atoms with Gasteiger partial charge in [-0.05, 0) is 18.6 Å². The topological polar surface area (TPSA) is 93.0 Å². The zero-order chi connectivity index (χ0) is 14.4. The number of nitrogens with two attached hydrogens (primary N) is 1. The second-order valence-corrected chi connectivity index (χ2v) is 4.35. The first-order chi connectivity index (χ1) is 9.67. The number of benzene rings is 1. The molecule has 1 amide bonds. The van der Waals surface area contributed by atoms with Crippen LogP contribution in [0.2, 0.25) is 0 Å². The first-order valence-electron chi connectivity index (χ1n) is 6.50. The SMILES string of the molecule is CCc1cc(NC(=O)CCOc2cccc(N)c2)n[nH]1. The number of anilines is 2. The van der Waals surface area contributed by atoms with Crippen molar-refractivity contribution in [3.05, 3.63) is 36.0 Å². The summed E-state index contributed by atoms with van der Waals surface area (Å²) < 4.78 is 5.45. The molecule has 0 radical (unpaired) electrons. The van der Waals surface area contributed by atoms with Crippen molar-refractivity contribution in [2.45, 2.75) is 19.8 Å². The van der Waals surface area contributed by atoms with E-state index in [4.69, 9.17) is 10.5 Å². The van der Waals surface area contributed by atoms with E-state index in [1.807, 2.05) is 13.0 Å². The molecule has 0 fully saturated rings. The number of nitrogens with zero attached hydrogens (tertiary/aromatic N) is 1. The number of carbonyl (C=O) groups is 1. The van der Waals surface area contributed by atoms with E-state index in [0.29, 0.717) is 23.9 Å². The number of ether oxygens (including phenoxy) is 1. The van der Waals surface area contributed by atoms with E-state index in [2.05, 4.69) is 15.5 Å². The van der Waals surface area contributed by atoms with Gasteiger partial charge in [-0.3, -0.25) is 9.89 Å². The van der Waals surface area contributed by atoms with Gasteiger partial charge in [-0.2, -0.15) is 5.10 Å². The van der Waals surface area contributed by atoms with Gasteiger partial charge < -0.3 is 15.8 Å². The first kappa shape index (κ1) is 13.9. The van der Waals surface area contributed by atoms with Crippen LogP contribution in [0.5, 0.6) is 5.75 Å². The van der Waals surface area contributed by atoms with Gasteiger partial charge in [0.2, 0.25) is 5.91 Å². The Morgan fingerprint density at radius 2 is 2.30 bits per heavy atom. The summed E-state index contributed by atoms with van der Waals surface area (Å²) in [6.07, 6.45) is 1.10. The highest BCUT2D eigenvalue weighted by molar-refractivity contribution is 5.89. The maximum absolute atomic E-state index is 11.7. The van der Waals surface area contributed by atoms with Gasteiger partial charge in [0, 0.05) is 23.5 Å². The fraction of sp³-hybridized carbons (Fsp3) is 0.286. The van der Waals surface area contributed by atoms with E-state index in [-0.39, 0.29) is 12.3 Å². The molecule has 0 aliphatic carbocycles. The van der Waals surface area contributed by atoms with Crippen molar-refractivity contribution in [2.24, 2.45) is 0 Å². The van der Waals surface area contributed by atoms with Gasteiger partial charge in [-0.25, -0.2) is 0 Å². The van der Waals surface area contributed by atoms with Crippen molar-refractivity contribution >= 4 is 17.4 Å². The van der Waals surface area contributed by atoms with Crippen molar-refractivity contribution in [1.29, 1.82) is 0 Å². The number of rotatable bonds is 6. The molecule has 0 spiro atoms. The van der Waals surface area contributed by atoms with E-state index < -0.39 is 0 Å². The standard InChI is InChI=1S/C14H18N4O2/c1-2-11-9-13(18-17-11)16-14(19)6-7-20-12-5-3-4-10(15)8-12/h3-5,8-9H,2,6-7,15H2,1H3,(H2,16,17,18,19). The predicted octanol–water partition coefficient (Wildman–Crippen LogP) is 1.96. The molecule has 0 aliphatic rings. The van der Waals surface area contributed by atoms with Crippen molar-refractivity contribution in [3.63, 3.8) is 0 Å². The number of hydrogen-bond acceptors (Lipinski definition) is 4. The number of H-pyrrole nitrogens is 1. The summed E-state index contributed by atoms with van der Waals surface area (Å²) in [6, 6.07) is 8.93. The summed E-state index contributed by atoms with van der Waals surface area (Å²) in [5.41, 5.74) is 7.25. The molecule has 0 saturated heterocycles. The molecule has 0 bridgehead atoms. The van der Waals surface area contributed by atoms with Crippen molar-refractivity contribution in [2.75, 3.05) is 17.7 Å². The maximum atomic E-state index is 11.7. The minimum absolute atomic E-state index is 0.136. The molecule has 2 rings (SSSR count). The van der Waals surface area contributed by atoms with Crippen molar-refractivity contribution < 1.29 is 9.53 Å².